The van der Waals surface area contributed by atoms with Crippen LogP contribution >= 0.6 is 11.6 Å². The molecular formula is C28H30ClF2N5O3. The van der Waals surface area contributed by atoms with Crippen LogP contribution in [0.2, 0.25) is 5.02 Å². The van der Waals surface area contributed by atoms with Crippen LogP contribution in [-0.4, -0.2) is 58.1 Å². The molecule has 1 aliphatic heterocycles. The van der Waals surface area contributed by atoms with Crippen molar-refractivity contribution < 1.29 is 23.1 Å². The Morgan fingerprint density at radius 1 is 1.13 bits per heavy atom. The molecule has 2 aromatic heterocycles. The lowest BCUT2D eigenvalue weighted by atomic mass is 10.1. The third kappa shape index (κ3) is 6.62. The highest BCUT2D eigenvalue weighted by Gasteiger charge is 2.34. The summed E-state index contributed by atoms with van der Waals surface area (Å²) in [6, 6.07) is 9.55. The monoisotopic (exact) mass is 557 g/mol. The number of aromatic nitrogens is 2. The van der Waals surface area contributed by atoms with Crippen LogP contribution in [0.3, 0.4) is 0 Å². The van der Waals surface area contributed by atoms with Gasteiger partial charge in [0.15, 0.2) is 11.6 Å². The first-order valence-corrected chi connectivity index (χ1v) is 12.9. The van der Waals surface area contributed by atoms with E-state index >= 15 is 4.39 Å². The number of pyridine rings is 2. The van der Waals surface area contributed by atoms with Crippen molar-refractivity contribution in [1.82, 2.24) is 14.9 Å². The Balaban J connectivity index is 1.49. The van der Waals surface area contributed by atoms with Crippen molar-refractivity contribution in [1.29, 1.82) is 0 Å². The Kier molecular flexibility index (Phi) is 8.34. The first-order chi connectivity index (χ1) is 18.4. The van der Waals surface area contributed by atoms with Crippen LogP contribution in [0.25, 0.3) is 0 Å². The average Bonchev–Trinajstić information content (AvgIpc) is 2.85. The van der Waals surface area contributed by atoms with Crippen molar-refractivity contribution in [3.63, 3.8) is 0 Å². The fourth-order valence-electron chi connectivity index (χ4n) is 4.09. The minimum Gasteiger partial charge on any atom is -0.444 e. The van der Waals surface area contributed by atoms with E-state index < -0.39 is 29.2 Å². The van der Waals surface area contributed by atoms with Gasteiger partial charge in [-0.25, -0.2) is 23.5 Å². The van der Waals surface area contributed by atoms with E-state index in [4.69, 9.17) is 16.3 Å². The predicted octanol–water partition coefficient (Wildman–Crippen LogP) is 5.64. The van der Waals surface area contributed by atoms with Gasteiger partial charge in [-0.3, -0.25) is 9.69 Å². The van der Waals surface area contributed by atoms with Crippen LogP contribution in [0.15, 0.2) is 48.8 Å². The van der Waals surface area contributed by atoms with Crippen molar-refractivity contribution in [2.45, 2.75) is 45.8 Å². The van der Waals surface area contributed by atoms with E-state index in [0.717, 1.165) is 0 Å². The molecule has 0 radical (unpaired) electrons. The third-order valence-electron chi connectivity index (χ3n) is 6.18. The molecule has 4 rings (SSSR count). The number of nitrogens with one attached hydrogen (secondary N) is 1. The van der Waals surface area contributed by atoms with Crippen LogP contribution < -0.4 is 10.2 Å². The van der Waals surface area contributed by atoms with Crippen molar-refractivity contribution >= 4 is 35.2 Å². The third-order valence-corrected chi connectivity index (χ3v) is 6.47. The van der Waals surface area contributed by atoms with Gasteiger partial charge in [0.1, 0.15) is 17.2 Å². The zero-order valence-corrected chi connectivity index (χ0v) is 22.9. The molecule has 0 atom stereocenters. The molecule has 1 N–H and O–H groups in total. The highest BCUT2D eigenvalue weighted by Crippen LogP contribution is 2.25. The second kappa shape index (κ2) is 11.5. The summed E-state index contributed by atoms with van der Waals surface area (Å²) in [7, 11) is 0. The van der Waals surface area contributed by atoms with Gasteiger partial charge >= 0.3 is 6.09 Å². The fraction of sp³-hybridized carbons (Fsp3) is 0.357. The van der Waals surface area contributed by atoms with Gasteiger partial charge < -0.3 is 15.0 Å². The summed E-state index contributed by atoms with van der Waals surface area (Å²) in [6.45, 7) is 7.61. The Morgan fingerprint density at radius 2 is 1.87 bits per heavy atom. The molecule has 1 aromatic carbocycles. The molecule has 206 valence electrons. The Bertz CT molecular complexity index is 1360. The number of carbonyl (C=O) groups excluding carboxylic acids is 2. The second-order valence-electron chi connectivity index (χ2n) is 10.3. The van der Waals surface area contributed by atoms with Crippen LogP contribution in [-0.2, 0) is 11.2 Å². The normalized spacial score (nSPS) is 13.6. The maximum absolute atomic E-state index is 15.4. The lowest BCUT2D eigenvalue weighted by Crippen LogP contribution is -2.58. The number of likely N-dealkylation sites (tertiary alicyclic amines) is 1. The molecule has 3 heterocycles. The van der Waals surface area contributed by atoms with Gasteiger partial charge in [0.2, 0.25) is 0 Å². The summed E-state index contributed by atoms with van der Waals surface area (Å²) in [5.74, 6) is -1.41. The first-order valence-electron chi connectivity index (χ1n) is 12.5. The molecule has 0 unspecified atom stereocenters. The number of rotatable bonds is 7. The van der Waals surface area contributed by atoms with Gasteiger partial charge in [-0.1, -0.05) is 29.8 Å². The Morgan fingerprint density at radius 3 is 2.54 bits per heavy atom. The van der Waals surface area contributed by atoms with E-state index in [0.29, 0.717) is 24.5 Å². The van der Waals surface area contributed by atoms with E-state index in [9.17, 15) is 14.0 Å². The summed E-state index contributed by atoms with van der Waals surface area (Å²) in [5.41, 5.74) is -0.0959. The van der Waals surface area contributed by atoms with E-state index in [1.165, 1.54) is 35.2 Å². The molecule has 0 aliphatic carbocycles. The quantitative estimate of drug-likeness (QED) is 0.405. The minimum atomic E-state index is -0.668. The lowest BCUT2D eigenvalue weighted by Gasteiger charge is -2.40. The number of hydrogen-bond donors (Lipinski definition) is 1. The van der Waals surface area contributed by atoms with Crippen LogP contribution in [0.1, 0.15) is 42.3 Å². The lowest BCUT2D eigenvalue weighted by molar-refractivity contribution is 0.0104. The van der Waals surface area contributed by atoms with Gasteiger partial charge in [-0.05, 0) is 57.9 Å². The Labute approximate surface area is 230 Å². The SMILES string of the molecule is Cc1c(C(=O)N(CCc2cccc(Cl)c2F)c2ccccn2)cnc(NC2CN(C(=O)OC(C)(C)C)C2)c1F. The molecule has 8 nitrogen and oxygen atoms in total. The topological polar surface area (TPSA) is 87.7 Å². The van der Waals surface area contributed by atoms with Crippen LogP contribution in [0.4, 0.5) is 25.2 Å². The molecule has 1 fully saturated rings. The standard InChI is InChI=1S/C28H30ClF2N5O3/c1-17-20(14-33-25(23(17)30)34-19-15-35(16-19)27(38)39-28(2,3)4)26(37)36(22-10-5-6-12-32-22)13-11-18-8-7-9-21(29)24(18)31/h5-10,12,14,19H,11,13,15-16H2,1-4H3,(H,33,34). The van der Waals surface area contributed by atoms with Crippen molar-refractivity contribution in [2.24, 2.45) is 0 Å². The zero-order chi connectivity index (χ0) is 28.3. The van der Waals surface area contributed by atoms with Crippen LogP contribution in [0.5, 0.6) is 0 Å². The molecule has 2 amide bonds. The molecule has 11 heteroatoms. The van der Waals surface area contributed by atoms with E-state index in [1.54, 1.807) is 51.1 Å². The fourth-order valence-corrected chi connectivity index (χ4v) is 4.28. The van der Waals surface area contributed by atoms with Crippen molar-refractivity contribution in [3.05, 3.63) is 82.1 Å². The molecule has 39 heavy (non-hydrogen) atoms. The van der Waals surface area contributed by atoms with Crippen LogP contribution in [0, 0.1) is 18.6 Å². The summed E-state index contributed by atoms with van der Waals surface area (Å²) >= 11 is 5.91. The smallest absolute Gasteiger partial charge is 0.410 e. The van der Waals surface area contributed by atoms with E-state index in [2.05, 4.69) is 15.3 Å². The molecule has 1 saturated heterocycles. The summed E-state index contributed by atoms with van der Waals surface area (Å²) < 4.78 is 35.2. The maximum atomic E-state index is 15.4. The molecule has 0 bridgehead atoms. The van der Waals surface area contributed by atoms with E-state index in [-0.39, 0.29) is 41.0 Å². The second-order valence-corrected chi connectivity index (χ2v) is 10.7. The average molecular weight is 558 g/mol. The highest BCUT2D eigenvalue weighted by molar-refractivity contribution is 6.30. The number of amides is 2. The highest BCUT2D eigenvalue weighted by atomic mass is 35.5. The number of ether oxygens (including phenoxy) is 1. The summed E-state index contributed by atoms with van der Waals surface area (Å²) in [5, 5.41) is 2.99. The Hall–Kier alpha value is -3.79. The largest absolute Gasteiger partial charge is 0.444 e. The number of halogens is 3. The number of hydrogen-bond acceptors (Lipinski definition) is 6. The maximum Gasteiger partial charge on any atom is 0.410 e. The van der Waals surface area contributed by atoms with Gasteiger partial charge in [-0.2, -0.15) is 0 Å². The van der Waals surface area contributed by atoms with Gasteiger partial charge in [0.25, 0.3) is 5.91 Å². The molecule has 0 spiro atoms. The summed E-state index contributed by atoms with van der Waals surface area (Å²) in [4.78, 5) is 37.1. The van der Waals surface area contributed by atoms with E-state index in [1.807, 2.05) is 0 Å². The van der Waals surface area contributed by atoms with Gasteiger partial charge in [0, 0.05) is 37.6 Å². The number of benzene rings is 1. The predicted molar refractivity (Wildman–Crippen MR) is 145 cm³/mol. The number of nitrogens with zero attached hydrogens (tertiary/aromatic N) is 4. The minimum absolute atomic E-state index is 0.00547. The zero-order valence-electron chi connectivity index (χ0n) is 22.2. The van der Waals surface area contributed by atoms with Gasteiger partial charge in [0.05, 0.1) is 16.6 Å². The molecule has 0 saturated carbocycles. The van der Waals surface area contributed by atoms with Crippen molar-refractivity contribution in [3.8, 4) is 0 Å². The molecule has 1 aliphatic rings. The van der Waals surface area contributed by atoms with Crippen molar-refractivity contribution in [2.75, 3.05) is 29.9 Å². The number of anilines is 2. The van der Waals surface area contributed by atoms with Gasteiger partial charge in [-0.15, -0.1) is 0 Å². The number of carbonyl (C=O) groups is 2. The first kappa shape index (κ1) is 28.2. The molecular weight excluding hydrogens is 528 g/mol. The molecule has 3 aromatic rings. The summed E-state index contributed by atoms with van der Waals surface area (Å²) in [6.07, 6.45) is 2.58.